The highest BCUT2D eigenvalue weighted by Crippen LogP contribution is 2.21. The predicted octanol–water partition coefficient (Wildman–Crippen LogP) is 2.91. The number of nitrogens with one attached hydrogen (secondary N) is 2. The second-order valence-electron chi connectivity index (χ2n) is 8.79. The molecular weight excluding hydrogens is 541 g/mol. The van der Waals surface area contributed by atoms with Gasteiger partial charge in [-0.05, 0) is 48.4 Å². The third-order valence-corrected chi connectivity index (χ3v) is 6.47. The van der Waals surface area contributed by atoms with E-state index in [1.54, 1.807) is 4.90 Å². The van der Waals surface area contributed by atoms with Crippen LogP contribution in [0.25, 0.3) is 0 Å². The molecule has 2 aromatic rings. The second-order valence-corrected chi connectivity index (χ2v) is 8.79. The van der Waals surface area contributed by atoms with Gasteiger partial charge in [0.15, 0.2) is 5.96 Å². The third kappa shape index (κ3) is 6.94. The van der Waals surface area contributed by atoms with Gasteiger partial charge in [-0.25, -0.2) is 0 Å². The minimum absolute atomic E-state index is 0. The molecule has 34 heavy (non-hydrogen) atoms. The van der Waals surface area contributed by atoms with Crippen molar-refractivity contribution in [1.82, 2.24) is 20.4 Å². The number of amides is 2. The molecule has 2 amide bonds. The molecule has 0 spiro atoms. The molecule has 0 saturated carbocycles. The van der Waals surface area contributed by atoms with Gasteiger partial charge < -0.3 is 20.4 Å². The van der Waals surface area contributed by atoms with Crippen molar-refractivity contribution in [1.29, 1.82) is 0 Å². The van der Waals surface area contributed by atoms with Crippen LogP contribution in [0, 0.1) is 5.92 Å². The number of piperazine rings is 1. The van der Waals surface area contributed by atoms with Gasteiger partial charge >= 0.3 is 0 Å². The molecule has 0 unspecified atom stereocenters. The highest BCUT2D eigenvalue weighted by Gasteiger charge is 2.23. The zero-order chi connectivity index (χ0) is 23.0. The lowest BCUT2D eigenvalue weighted by Crippen LogP contribution is -2.49. The summed E-state index contributed by atoms with van der Waals surface area (Å²) >= 11 is 0. The van der Waals surface area contributed by atoms with Crippen LogP contribution >= 0.6 is 24.0 Å². The Morgan fingerprint density at radius 2 is 1.71 bits per heavy atom. The lowest BCUT2D eigenvalue weighted by molar-refractivity contribution is -0.123. The number of likely N-dealkylation sites (tertiary alicyclic amines) is 1. The molecule has 0 radical (unpaired) electrons. The summed E-state index contributed by atoms with van der Waals surface area (Å²) < 4.78 is 0. The van der Waals surface area contributed by atoms with E-state index >= 15 is 0 Å². The van der Waals surface area contributed by atoms with Crippen LogP contribution in [0.1, 0.15) is 34.3 Å². The Labute approximate surface area is 219 Å². The molecule has 2 heterocycles. The molecule has 8 heteroatoms. The molecular formula is C26H34IN5O2. The van der Waals surface area contributed by atoms with Crippen LogP contribution in [0.4, 0.5) is 0 Å². The van der Waals surface area contributed by atoms with E-state index in [4.69, 9.17) is 0 Å². The molecule has 2 aromatic carbocycles. The Hall–Kier alpha value is -2.62. The minimum Gasteiger partial charge on any atom is -0.353 e. The minimum atomic E-state index is -0.106. The third-order valence-electron chi connectivity index (χ3n) is 6.47. The maximum Gasteiger partial charge on any atom is 0.254 e. The van der Waals surface area contributed by atoms with Crippen LogP contribution < -0.4 is 10.6 Å². The van der Waals surface area contributed by atoms with Crippen LogP contribution in [0.15, 0.2) is 59.6 Å². The van der Waals surface area contributed by atoms with E-state index in [-0.39, 0.29) is 42.3 Å². The monoisotopic (exact) mass is 575 g/mol. The number of piperidine rings is 1. The lowest BCUT2D eigenvalue weighted by atomic mass is 9.90. The predicted molar refractivity (Wildman–Crippen MR) is 145 cm³/mol. The fraction of sp³-hybridized carbons (Fsp3) is 0.423. The molecule has 2 aliphatic rings. The summed E-state index contributed by atoms with van der Waals surface area (Å²) in [5.74, 6) is 1.44. The number of guanidine groups is 1. The number of benzene rings is 2. The number of nitrogens with zero attached hydrogens (tertiary/aromatic N) is 3. The van der Waals surface area contributed by atoms with Crippen molar-refractivity contribution in [2.24, 2.45) is 10.9 Å². The average molecular weight is 575 g/mol. The highest BCUT2D eigenvalue weighted by atomic mass is 127. The van der Waals surface area contributed by atoms with E-state index in [2.05, 4.69) is 50.9 Å². The zero-order valence-electron chi connectivity index (χ0n) is 19.7. The van der Waals surface area contributed by atoms with E-state index in [1.165, 1.54) is 18.4 Å². The van der Waals surface area contributed by atoms with Crippen molar-refractivity contribution in [2.75, 3.05) is 39.8 Å². The topological polar surface area (TPSA) is 77.0 Å². The van der Waals surface area contributed by atoms with Crippen LogP contribution in [0.5, 0.6) is 0 Å². The van der Waals surface area contributed by atoms with E-state index in [9.17, 15) is 9.59 Å². The van der Waals surface area contributed by atoms with Crippen molar-refractivity contribution < 1.29 is 9.59 Å². The SMILES string of the molecule is CN=C(NCc1ccc(C(=O)N2CCNC(=O)C2)cc1)N1CCC(Cc2ccccc2)CC1.I. The van der Waals surface area contributed by atoms with Gasteiger partial charge in [0.25, 0.3) is 5.91 Å². The molecule has 0 bridgehead atoms. The van der Waals surface area contributed by atoms with Gasteiger partial charge in [0.2, 0.25) is 5.91 Å². The summed E-state index contributed by atoms with van der Waals surface area (Å²) in [5, 5.41) is 6.21. The molecule has 0 atom stereocenters. The summed E-state index contributed by atoms with van der Waals surface area (Å²) in [6.45, 7) is 3.85. The fourth-order valence-electron chi connectivity index (χ4n) is 4.57. The normalized spacial score (nSPS) is 17.1. The standard InChI is InChI=1S/C26H33N5O2.HI/c1-27-26(30-14-11-21(12-15-30)17-20-5-3-2-4-6-20)29-18-22-7-9-23(10-8-22)25(33)31-16-13-28-24(32)19-31;/h2-10,21H,11-19H2,1H3,(H,27,29)(H,28,32);1H. The van der Waals surface area contributed by atoms with Crippen molar-refractivity contribution in [3.63, 3.8) is 0 Å². The van der Waals surface area contributed by atoms with Gasteiger partial charge in [0.05, 0.1) is 6.54 Å². The van der Waals surface area contributed by atoms with Gasteiger partial charge in [-0.15, -0.1) is 24.0 Å². The number of halogens is 1. The van der Waals surface area contributed by atoms with E-state index < -0.39 is 0 Å². The van der Waals surface area contributed by atoms with Gasteiger partial charge in [-0.3, -0.25) is 14.6 Å². The first-order valence-electron chi connectivity index (χ1n) is 11.8. The summed E-state index contributed by atoms with van der Waals surface area (Å²) in [7, 11) is 1.83. The van der Waals surface area contributed by atoms with E-state index in [1.807, 2.05) is 31.3 Å². The summed E-state index contributed by atoms with van der Waals surface area (Å²) in [4.78, 5) is 32.6. The van der Waals surface area contributed by atoms with Crippen LogP contribution in [0.2, 0.25) is 0 Å². The summed E-state index contributed by atoms with van der Waals surface area (Å²) in [5.41, 5.74) is 3.12. The highest BCUT2D eigenvalue weighted by molar-refractivity contribution is 14.0. The van der Waals surface area contributed by atoms with Crippen LogP contribution in [-0.4, -0.2) is 67.3 Å². The molecule has 2 fully saturated rings. The van der Waals surface area contributed by atoms with E-state index in [0.717, 1.165) is 37.0 Å². The fourth-order valence-corrected chi connectivity index (χ4v) is 4.57. The number of aliphatic imine (C=N–C) groups is 1. The maximum atomic E-state index is 12.6. The number of rotatable bonds is 5. The quantitative estimate of drug-likeness (QED) is 0.327. The smallest absolute Gasteiger partial charge is 0.254 e. The number of hydrogen-bond acceptors (Lipinski definition) is 3. The van der Waals surface area contributed by atoms with Crippen molar-refractivity contribution in [3.05, 3.63) is 71.3 Å². The van der Waals surface area contributed by atoms with Crippen LogP contribution in [0.3, 0.4) is 0 Å². The Morgan fingerprint density at radius 3 is 2.35 bits per heavy atom. The number of carbonyl (C=O) groups excluding carboxylic acids is 2. The largest absolute Gasteiger partial charge is 0.353 e. The van der Waals surface area contributed by atoms with Crippen LogP contribution in [-0.2, 0) is 17.8 Å². The first kappa shape index (κ1) is 26.0. The maximum absolute atomic E-state index is 12.6. The molecule has 0 aliphatic carbocycles. The van der Waals surface area contributed by atoms with Gasteiger partial charge in [-0.2, -0.15) is 0 Å². The molecule has 182 valence electrons. The van der Waals surface area contributed by atoms with Crippen molar-refractivity contribution in [3.8, 4) is 0 Å². The molecule has 2 saturated heterocycles. The Morgan fingerprint density at radius 1 is 1.00 bits per heavy atom. The Bertz CT molecular complexity index is 972. The number of carbonyl (C=O) groups is 2. The summed E-state index contributed by atoms with van der Waals surface area (Å²) in [6, 6.07) is 18.3. The Kier molecular flexibility index (Phi) is 9.74. The van der Waals surface area contributed by atoms with Gasteiger partial charge in [0, 0.05) is 45.3 Å². The molecule has 2 N–H and O–H groups in total. The molecule has 7 nitrogen and oxygen atoms in total. The number of hydrogen-bond donors (Lipinski definition) is 2. The van der Waals surface area contributed by atoms with E-state index in [0.29, 0.717) is 25.2 Å². The average Bonchev–Trinajstić information content (AvgIpc) is 2.86. The summed E-state index contributed by atoms with van der Waals surface area (Å²) in [6.07, 6.45) is 3.48. The first-order chi connectivity index (χ1) is 16.1. The first-order valence-corrected chi connectivity index (χ1v) is 11.8. The Balaban J connectivity index is 0.00000324. The van der Waals surface area contributed by atoms with Crippen molar-refractivity contribution in [2.45, 2.75) is 25.8 Å². The van der Waals surface area contributed by atoms with Gasteiger partial charge in [0.1, 0.15) is 0 Å². The molecule has 4 rings (SSSR count). The molecule has 0 aromatic heterocycles. The second kappa shape index (κ2) is 12.7. The molecule has 2 aliphatic heterocycles. The van der Waals surface area contributed by atoms with Crippen molar-refractivity contribution >= 4 is 41.8 Å². The zero-order valence-corrected chi connectivity index (χ0v) is 22.0. The van der Waals surface area contributed by atoms with Gasteiger partial charge in [-0.1, -0.05) is 42.5 Å². The lowest BCUT2D eigenvalue weighted by Gasteiger charge is -2.34.